The Morgan fingerprint density at radius 1 is 0.917 bits per heavy atom. The Balaban J connectivity index is 2.05. The van der Waals surface area contributed by atoms with Crippen molar-refractivity contribution >= 4 is 44.7 Å². The van der Waals surface area contributed by atoms with Gasteiger partial charge in [0.2, 0.25) is 11.2 Å². The van der Waals surface area contributed by atoms with E-state index in [0.29, 0.717) is 0 Å². The standard InChI is InChI=1S/C20H13INO2/c1-22-16-10-9-12(24-21)11-15(16)13-6-4-8-18-19(13)20(22)14-5-2-3-7-17(14)23-18/h2-11H,1H3/q+1. The van der Waals surface area contributed by atoms with E-state index in [1.165, 1.54) is 16.6 Å². The van der Waals surface area contributed by atoms with Gasteiger partial charge in [0.15, 0.2) is 23.0 Å². The number of nitrogens with zero attached hydrogens (tertiary/aromatic N) is 1. The average molecular weight is 426 g/mol. The van der Waals surface area contributed by atoms with Crippen LogP contribution in [0, 0.1) is 0 Å². The lowest BCUT2D eigenvalue weighted by Gasteiger charge is -2.20. The largest absolute Gasteiger partial charge is 0.456 e. The van der Waals surface area contributed by atoms with E-state index in [2.05, 4.69) is 41.9 Å². The number of benzene rings is 3. The van der Waals surface area contributed by atoms with Crippen LogP contribution in [-0.2, 0) is 7.05 Å². The first-order valence-electron chi connectivity index (χ1n) is 7.72. The lowest BCUT2D eigenvalue weighted by atomic mass is 9.96. The molecule has 0 saturated heterocycles. The first-order chi connectivity index (χ1) is 11.8. The van der Waals surface area contributed by atoms with E-state index in [1.807, 2.05) is 53.3 Å². The predicted molar refractivity (Wildman–Crippen MR) is 103 cm³/mol. The van der Waals surface area contributed by atoms with Gasteiger partial charge in [-0.05, 0) is 30.3 Å². The molecule has 0 radical (unpaired) electrons. The Kier molecular flexibility index (Phi) is 2.97. The van der Waals surface area contributed by atoms with Crippen LogP contribution in [0.3, 0.4) is 0 Å². The molecule has 3 nitrogen and oxygen atoms in total. The second-order valence-electron chi connectivity index (χ2n) is 5.94. The van der Waals surface area contributed by atoms with E-state index < -0.39 is 0 Å². The molecule has 1 aromatic heterocycles. The lowest BCUT2D eigenvalue weighted by Crippen LogP contribution is -2.33. The number of aromatic nitrogens is 1. The van der Waals surface area contributed by atoms with Crippen LogP contribution in [0.25, 0.3) is 32.9 Å². The molecule has 0 amide bonds. The maximum atomic E-state index is 6.16. The highest BCUT2D eigenvalue weighted by Gasteiger charge is 2.29. The van der Waals surface area contributed by atoms with Crippen molar-refractivity contribution in [2.45, 2.75) is 0 Å². The molecule has 0 bridgehead atoms. The van der Waals surface area contributed by atoms with E-state index in [0.717, 1.165) is 33.6 Å². The molecule has 1 aliphatic rings. The molecule has 0 spiro atoms. The van der Waals surface area contributed by atoms with E-state index in [4.69, 9.17) is 7.80 Å². The minimum absolute atomic E-state index is 0.848. The van der Waals surface area contributed by atoms with Gasteiger partial charge in [-0.3, -0.25) is 0 Å². The highest BCUT2D eigenvalue weighted by Crippen LogP contribution is 2.46. The second-order valence-corrected chi connectivity index (χ2v) is 6.38. The molecule has 0 N–H and O–H groups in total. The second kappa shape index (κ2) is 5.08. The number of hydrogen-bond donors (Lipinski definition) is 0. The first-order valence-corrected chi connectivity index (χ1v) is 8.60. The number of ether oxygens (including phenoxy) is 1. The fraction of sp³-hybridized carbons (Fsp3) is 0.0500. The van der Waals surface area contributed by atoms with Gasteiger partial charge >= 0.3 is 0 Å². The summed E-state index contributed by atoms with van der Waals surface area (Å²) in [4.78, 5) is 0. The molecule has 4 heteroatoms. The van der Waals surface area contributed by atoms with Crippen molar-refractivity contribution in [2.75, 3.05) is 0 Å². The van der Waals surface area contributed by atoms with Crippen molar-refractivity contribution < 1.29 is 12.4 Å². The third-order valence-electron chi connectivity index (χ3n) is 4.67. The fourth-order valence-electron chi connectivity index (χ4n) is 3.63. The van der Waals surface area contributed by atoms with Crippen molar-refractivity contribution in [1.29, 1.82) is 0 Å². The van der Waals surface area contributed by atoms with Gasteiger partial charge in [-0.25, -0.2) is 0 Å². The third kappa shape index (κ3) is 1.80. The van der Waals surface area contributed by atoms with Crippen molar-refractivity contribution in [3.63, 3.8) is 0 Å². The Hall–Kier alpha value is -2.34. The summed E-state index contributed by atoms with van der Waals surface area (Å²) < 4.78 is 13.8. The molecule has 116 valence electrons. The van der Waals surface area contributed by atoms with Crippen LogP contribution in [0.5, 0.6) is 17.2 Å². The number of hydrogen-bond acceptors (Lipinski definition) is 2. The number of fused-ring (bicyclic) bond motifs is 4. The van der Waals surface area contributed by atoms with E-state index in [1.54, 1.807) is 0 Å². The number of halogens is 1. The summed E-state index contributed by atoms with van der Waals surface area (Å²) in [5.41, 5.74) is 3.49. The molecular weight excluding hydrogens is 413 g/mol. The summed E-state index contributed by atoms with van der Waals surface area (Å²) in [6, 6.07) is 20.6. The lowest BCUT2D eigenvalue weighted by molar-refractivity contribution is -0.632. The minimum atomic E-state index is 0.848. The average Bonchev–Trinajstić information content (AvgIpc) is 2.64. The first kappa shape index (κ1) is 14.0. The van der Waals surface area contributed by atoms with Crippen LogP contribution >= 0.6 is 23.0 Å². The zero-order valence-corrected chi connectivity index (χ0v) is 15.1. The SMILES string of the molecule is C[n+]1c2c3c(cccc3c3cc(OI)ccc31)Oc1ccccc1-2. The fourth-order valence-corrected chi connectivity index (χ4v) is 3.90. The molecule has 0 fully saturated rings. The zero-order valence-electron chi connectivity index (χ0n) is 12.9. The summed E-state index contributed by atoms with van der Waals surface area (Å²) in [7, 11) is 2.11. The van der Waals surface area contributed by atoms with Gasteiger partial charge in [-0.15, -0.1) is 0 Å². The van der Waals surface area contributed by atoms with Crippen LogP contribution in [0.15, 0.2) is 60.7 Å². The van der Waals surface area contributed by atoms with Gasteiger partial charge in [-0.1, -0.05) is 24.3 Å². The summed E-state index contributed by atoms with van der Waals surface area (Å²) in [5.74, 6) is 2.65. The van der Waals surface area contributed by atoms with Crippen molar-refractivity contribution in [1.82, 2.24) is 0 Å². The van der Waals surface area contributed by atoms with E-state index in [9.17, 15) is 0 Å². The highest BCUT2D eigenvalue weighted by molar-refractivity contribution is 14.1. The molecule has 24 heavy (non-hydrogen) atoms. The third-order valence-corrected chi connectivity index (χ3v) is 5.18. The van der Waals surface area contributed by atoms with Crippen LogP contribution in [0.2, 0.25) is 0 Å². The van der Waals surface area contributed by atoms with Gasteiger partial charge < -0.3 is 7.80 Å². The van der Waals surface area contributed by atoms with Crippen molar-refractivity contribution in [3.05, 3.63) is 60.7 Å². The number of rotatable bonds is 1. The summed E-state index contributed by atoms with van der Waals surface area (Å²) in [5, 5.41) is 3.49. The quantitative estimate of drug-likeness (QED) is 0.206. The molecule has 1 aliphatic heterocycles. The van der Waals surface area contributed by atoms with Gasteiger partial charge in [0.25, 0.3) is 0 Å². The highest BCUT2D eigenvalue weighted by atomic mass is 127. The summed E-state index contributed by atoms with van der Waals surface area (Å²) >= 11 is 1.92. The smallest absolute Gasteiger partial charge is 0.228 e. The van der Waals surface area contributed by atoms with Gasteiger partial charge in [0.05, 0.1) is 16.3 Å². The molecule has 0 unspecified atom stereocenters. The van der Waals surface area contributed by atoms with Crippen molar-refractivity contribution in [2.24, 2.45) is 7.05 Å². The van der Waals surface area contributed by atoms with E-state index in [-0.39, 0.29) is 0 Å². The molecule has 5 rings (SSSR count). The van der Waals surface area contributed by atoms with Gasteiger partial charge in [0.1, 0.15) is 24.3 Å². The number of pyridine rings is 1. The Bertz CT molecular complexity index is 1140. The number of aryl methyl sites for hydroxylation is 1. The van der Waals surface area contributed by atoms with Crippen LogP contribution < -0.4 is 12.4 Å². The Morgan fingerprint density at radius 2 is 1.75 bits per heavy atom. The minimum Gasteiger partial charge on any atom is -0.456 e. The maximum Gasteiger partial charge on any atom is 0.228 e. The van der Waals surface area contributed by atoms with Crippen LogP contribution in [0.4, 0.5) is 0 Å². The topological polar surface area (TPSA) is 22.3 Å². The molecular formula is C20H13INO2+. The molecule has 0 aliphatic carbocycles. The summed E-state index contributed by atoms with van der Waals surface area (Å²) in [6.45, 7) is 0. The number of para-hydroxylation sites is 1. The van der Waals surface area contributed by atoms with E-state index >= 15 is 0 Å². The Labute approximate surface area is 153 Å². The summed E-state index contributed by atoms with van der Waals surface area (Å²) in [6.07, 6.45) is 0. The van der Waals surface area contributed by atoms with Crippen LogP contribution in [0.1, 0.15) is 0 Å². The van der Waals surface area contributed by atoms with Gasteiger partial charge in [-0.2, -0.15) is 4.57 Å². The predicted octanol–water partition coefficient (Wildman–Crippen LogP) is 5.32. The molecule has 3 aromatic carbocycles. The molecule has 4 aromatic rings. The Morgan fingerprint density at radius 3 is 2.62 bits per heavy atom. The monoisotopic (exact) mass is 426 g/mol. The van der Waals surface area contributed by atoms with Crippen LogP contribution in [-0.4, -0.2) is 0 Å². The molecule has 2 heterocycles. The molecule has 0 atom stereocenters. The normalized spacial score (nSPS) is 12.1. The molecule has 0 saturated carbocycles. The van der Waals surface area contributed by atoms with Crippen molar-refractivity contribution in [3.8, 4) is 28.5 Å². The maximum absolute atomic E-state index is 6.16. The zero-order chi connectivity index (χ0) is 16.3. The van der Waals surface area contributed by atoms with Gasteiger partial charge in [0, 0.05) is 11.5 Å².